The van der Waals surface area contributed by atoms with Crippen LogP contribution in [0.5, 0.6) is 0 Å². The summed E-state index contributed by atoms with van der Waals surface area (Å²) in [5.74, 6) is -2.49. The van der Waals surface area contributed by atoms with Gasteiger partial charge in [0.1, 0.15) is 0 Å². The first-order chi connectivity index (χ1) is 36.4. The van der Waals surface area contributed by atoms with Gasteiger partial charge in [-0.15, -0.1) is 0 Å². The van der Waals surface area contributed by atoms with Crippen molar-refractivity contribution in [3.8, 4) is 45.5 Å². The van der Waals surface area contributed by atoms with Gasteiger partial charge in [-0.3, -0.25) is 4.57 Å². The molecule has 0 fully saturated rings. The van der Waals surface area contributed by atoms with Crippen LogP contribution in [0.25, 0.3) is 89.2 Å². The summed E-state index contributed by atoms with van der Waals surface area (Å²) in [5, 5.41) is -2.17. The molecule has 5 nitrogen and oxygen atoms in total. The van der Waals surface area contributed by atoms with Crippen molar-refractivity contribution in [2.75, 3.05) is 0 Å². The number of aromatic nitrogens is 5. The maximum Gasteiger partial charge on any atom is 0.238 e. The van der Waals surface area contributed by atoms with E-state index in [0.29, 0.717) is 0 Å². The van der Waals surface area contributed by atoms with Crippen LogP contribution in [0.1, 0.15) is 38.4 Å². The zero-order valence-electron chi connectivity index (χ0n) is 52.8. The van der Waals surface area contributed by atoms with Gasteiger partial charge < -0.3 is 4.57 Å². The van der Waals surface area contributed by atoms with Gasteiger partial charge in [-0.1, -0.05) is 145 Å². The summed E-state index contributed by atoms with van der Waals surface area (Å²) in [6.45, 7) is 0. The molecule has 0 aliphatic rings. The zero-order valence-corrected chi connectivity index (χ0v) is 24.8. The standard InChI is InChI=1S/C45H29N5/c1-4-14-30(15-5-1)31-24-26-33(27-25-31)44-46-43(32-16-6-2-7-17-32)47-45(48-44)50-38-22-12-10-20-35(38)36-28-29-40-41(42(36)50)37-21-11-13-23-39(37)49(40)34-18-8-3-9-19-34/h1-29H/i1D,2D,3D,4D,5D,6D,7D,8D,9D,10D,11D,12D,13D,14D,15D,16D,17D,18D,19D,20D,21D,22D,23D,24D,25D,26D,28D,29D. The third-order valence-electron chi connectivity index (χ3n) is 7.68. The van der Waals surface area contributed by atoms with Gasteiger partial charge in [0.05, 0.1) is 60.4 Å². The van der Waals surface area contributed by atoms with Crippen LogP contribution >= 0.6 is 0 Å². The summed E-state index contributed by atoms with van der Waals surface area (Å²) < 4.78 is 249. The lowest BCUT2D eigenvalue weighted by Crippen LogP contribution is -2.06. The van der Waals surface area contributed by atoms with Gasteiger partial charge in [-0.2, -0.15) is 9.97 Å². The minimum atomic E-state index is -0.935. The zero-order chi connectivity index (χ0) is 57.4. The quantitative estimate of drug-likeness (QED) is 0.184. The molecular formula is C45H29N5. The molecule has 0 spiro atoms. The number of hydrogen-bond acceptors (Lipinski definition) is 3. The molecule has 0 bridgehead atoms. The van der Waals surface area contributed by atoms with E-state index in [1.54, 1.807) is 0 Å². The van der Waals surface area contributed by atoms with Crippen LogP contribution in [0.15, 0.2) is 175 Å². The molecule has 0 radical (unpaired) electrons. The van der Waals surface area contributed by atoms with Crippen molar-refractivity contribution in [3.05, 3.63) is 175 Å². The van der Waals surface area contributed by atoms with E-state index >= 15 is 0 Å². The molecule has 0 aliphatic carbocycles. The van der Waals surface area contributed by atoms with Gasteiger partial charge in [0.25, 0.3) is 0 Å². The molecule has 0 unspecified atom stereocenters. The first-order valence-electron chi connectivity index (χ1n) is 28.5. The van der Waals surface area contributed by atoms with Crippen LogP contribution in [0.4, 0.5) is 0 Å². The van der Waals surface area contributed by atoms with E-state index in [1.165, 1.54) is 0 Å². The van der Waals surface area contributed by atoms with Crippen molar-refractivity contribution in [2.24, 2.45) is 0 Å². The fraction of sp³-hybridized carbons (Fsp3) is 0. The Morgan fingerprint density at radius 2 is 0.940 bits per heavy atom. The Bertz CT molecular complexity index is 4400. The molecule has 0 saturated carbocycles. The largest absolute Gasteiger partial charge is 0.309 e. The maximum atomic E-state index is 9.66. The second-order valence-corrected chi connectivity index (χ2v) is 10.4. The molecule has 3 heterocycles. The van der Waals surface area contributed by atoms with E-state index in [0.717, 1.165) is 15.2 Å². The summed E-state index contributed by atoms with van der Waals surface area (Å²) in [6.07, 6.45) is 0. The Morgan fingerprint density at radius 3 is 1.68 bits per heavy atom. The molecule has 3 aromatic heterocycles. The van der Waals surface area contributed by atoms with Crippen molar-refractivity contribution in [2.45, 2.75) is 0 Å². The molecule has 50 heavy (non-hydrogen) atoms. The molecule has 0 aliphatic heterocycles. The third-order valence-corrected chi connectivity index (χ3v) is 7.68. The van der Waals surface area contributed by atoms with Crippen molar-refractivity contribution in [3.63, 3.8) is 0 Å². The lowest BCUT2D eigenvalue weighted by Gasteiger charge is -2.12. The van der Waals surface area contributed by atoms with Crippen molar-refractivity contribution >= 4 is 43.6 Å². The summed E-state index contributed by atoms with van der Waals surface area (Å²) in [5.41, 5.74) is -5.80. The molecule has 10 aromatic rings. The van der Waals surface area contributed by atoms with Gasteiger partial charge in [0, 0.05) is 38.4 Å². The highest BCUT2D eigenvalue weighted by Crippen LogP contribution is 2.41. The number of benzene rings is 7. The number of fused-ring (bicyclic) bond motifs is 7. The predicted molar refractivity (Wildman–Crippen MR) is 205 cm³/mol. The second-order valence-electron chi connectivity index (χ2n) is 10.4. The normalized spacial score (nSPS) is 19.4. The fourth-order valence-corrected chi connectivity index (χ4v) is 5.64. The Balaban J connectivity index is 1.49. The minimum absolute atomic E-state index is 0.523. The molecule has 0 saturated heterocycles. The Morgan fingerprint density at radius 1 is 0.380 bits per heavy atom. The lowest BCUT2D eigenvalue weighted by molar-refractivity contribution is 0.955. The predicted octanol–water partition coefficient (Wildman–Crippen LogP) is 11.1. The number of rotatable bonds is 5. The topological polar surface area (TPSA) is 48.5 Å². The highest BCUT2D eigenvalue weighted by molar-refractivity contribution is 6.26. The fourth-order valence-electron chi connectivity index (χ4n) is 5.64. The van der Waals surface area contributed by atoms with Gasteiger partial charge in [0.15, 0.2) is 11.6 Å². The molecule has 10 rings (SSSR count). The Labute approximate surface area is 327 Å². The van der Waals surface area contributed by atoms with Crippen LogP contribution in [0.3, 0.4) is 0 Å². The smallest absolute Gasteiger partial charge is 0.238 e. The number of hydrogen-bond donors (Lipinski definition) is 0. The van der Waals surface area contributed by atoms with Gasteiger partial charge in [-0.25, -0.2) is 4.98 Å². The molecular weight excluding hydrogens is 611 g/mol. The molecule has 7 aromatic carbocycles. The van der Waals surface area contributed by atoms with Gasteiger partial charge >= 0.3 is 0 Å². The maximum absolute atomic E-state index is 9.66. The van der Waals surface area contributed by atoms with E-state index in [-0.39, 0.29) is 0 Å². The van der Waals surface area contributed by atoms with Gasteiger partial charge in [0.2, 0.25) is 5.95 Å². The molecule has 0 N–H and O–H groups in total. The SMILES string of the molecule is [2H]c1cc(-c2nc(-c3c([2H])c([2H])c([2H])c([2H])c3[2H])nc(-n3c4c([2H])c([2H])c([2H])c([2H])c4c4c([2H])c([2H])c5c(c6c([2H])c([2H])c([2H])c([2H])c6n5-c5c([2H])c([2H])c([2H])c([2H])c5[2H])c43)n2)c([2H])c([2H])c1-c1c([2H])c([2H])c([2H])c([2H])c1[2H]. The van der Waals surface area contributed by atoms with Gasteiger partial charge in [-0.05, 0) is 41.3 Å². The molecule has 5 heteroatoms. The Kier molecular flexibility index (Phi) is 2.72. The van der Waals surface area contributed by atoms with E-state index in [4.69, 9.17) is 28.8 Å². The molecule has 0 atom stereocenters. The van der Waals surface area contributed by atoms with Crippen molar-refractivity contribution in [1.29, 1.82) is 0 Å². The van der Waals surface area contributed by atoms with Crippen LogP contribution in [-0.2, 0) is 0 Å². The van der Waals surface area contributed by atoms with E-state index in [9.17, 15) is 9.60 Å². The van der Waals surface area contributed by atoms with Crippen LogP contribution < -0.4 is 0 Å². The number of para-hydroxylation sites is 3. The van der Waals surface area contributed by atoms with E-state index in [2.05, 4.69) is 15.0 Å². The van der Waals surface area contributed by atoms with Crippen molar-refractivity contribution < 1.29 is 38.4 Å². The lowest BCUT2D eigenvalue weighted by atomic mass is 10.0. The summed E-state index contributed by atoms with van der Waals surface area (Å²) in [4.78, 5) is 13.5. The van der Waals surface area contributed by atoms with Crippen LogP contribution in [0.2, 0.25) is 0 Å². The summed E-state index contributed by atoms with van der Waals surface area (Å²) >= 11 is 0. The average Bonchev–Trinajstić information content (AvgIpc) is 4.02. The molecule has 234 valence electrons. The second kappa shape index (κ2) is 11.4. The highest BCUT2D eigenvalue weighted by Gasteiger charge is 2.23. The molecule has 0 amide bonds. The number of nitrogens with zero attached hydrogens (tertiary/aromatic N) is 5. The van der Waals surface area contributed by atoms with E-state index < -0.39 is 258 Å². The summed E-state index contributed by atoms with van der Waals surface area (Å²) in [6, 6.07) is -23.9. The first kappa shape index (κ1) is 11.9. The highest BCUT2D eigenvalue weighted by atomic mass is 15.2. The average molecular weight is 668 g/mol. The van der Waals surface area contributed by atoms with E-state index in [1.807, 2.05) is 0 Å². The summed E-state index contributed by atoms with van der Waals surface area (Å²) in [7, 11) is 0. The first-order valence-corrected chi connectivity index (χ1v) is 14.5. The van der Waals surface area contributed by atoms with Crippen LogP contribution in [-0.4, -0.2) is 24.1 Å². The Hall–Kier alpha value is -6.85. The van der Waals surface area contributed by atoms with Crippen LogP contribution in [0, 0.1) is 0 Å². The van der Waals surface area contributed by atoms with Crippen molar-refractivity contribution in [1.82, 2.24) is 24.1 Å². The monoisotopic (exact) mass is 667 g/mol. The third kappa shape index (κ3) is 4.45. The minimum Gasteiger partial charge on any atom is -0.309 e.